The highest BCUT2D eigenvalue weighted by Crippen LogP contribution is 2.27. The highest BCUT2D eigenvalue weighted by atomic mass is 16.6. The largest absolute Gasteiger partial charge is 0.465 e. The number of hydrogen-bond donors (Lipinski definition) is 1. The minimum atomic E-state index is -0.495. The zero-order valence-corrected chi connectivity index (χ0v) is 16.2. The predicted octanol–water partition coefficient (Wildman–Crippen LogP) is 2.98. The van der Waals surface area contributed by atoms with Crippen LogP contribution in [0.15, 0.2) is 18.3 Å². The van der Waals surface area contributed by atoms with Crippen molar-refractivity contribution in [3.63, 3.8) is 0 Å². The number of benzene rings is 1. The topological polar surface area (TPSA) is 99.7 Å². The van der Waals surface area contributed by atoms with Gasteiger partial charge in [0.1, 0.15) is 5.60 Å². The van der Waals surface area contributed by atoms with Crippen LogP contribution >= 0.6 is 0 Å². The molecular weight excluding hydrogens is 348 g/mol. The number of methoxy groups -OCH3 is 1. The van der Waals surface area contributed by atoms with Gasteiger partial charge in [-0.1, -0.05) is 0 Å². The van der Waals surface area contributed by atoms with E-state index in [1.165, 1.54) is 7.11 Å². The number of nitrogens with zero attached hydrogens (tertiary/aromatic N) is 3. The van der Waals surface area contributed by atoms with Crippen molar-refractivity contribution in [2.24, 2.45) is 0 Å². The maximum Gasteiger partial charge on any atom is 0.410 e. The fourth-order valence-corrected chi connectivity index (χ4v) is 3.22. The zero-order chi connectivity index (χ0) is 19.8. The molecule has 2 heterocycles. The molecule has 146 valence electrons. The molecule has 0 unspecified atom stereocenters. The average Bonchev–Trinajstić information content (AvgIpc) is 3.01. The Hall–Kier alpha value is -2.77. The van der Waals surface area contributed by atoms with Crippen LogP contribution in [0.25, 0.3) is 10.9 Å². The van der Waals surface area contributed by atoms with Gasteiger partial charge in [0.25, 0.3) is 0 Å². The number of fused-ring (bicyclic) bond motifs is 1. The number of hydrogen-bond acceptors (Lipinski definition) is 6. The van der Waals surface area contributed by atoms with Crippen molar-refractivity contribution >= 4 is 28.7 Å². The number of nitrogens with two attached hydrogens (primary N) is 1. The second-order valence-corrected chi connectivity index (χ2v) is 7.80. The lowest BCUT2D eigenvalue weighted by atomic mass is 10.1. The zero-order valence-electron chi connectivity index (χ0n) is 16.2. The summed E-state index contributed by atoms with van der Waals surface area (Å²) in [6.45, 7) is 6.82. The standard InChI is InChI=1S/C19H26N4O4/c1-19(2,3)27-18(25)22-7-5-13(6-8-22)23-11-12-9-15(20)14(17(24)26-4)10-16(12)21-23/h9-11,13H,5-8,20H2,1-4H3. The molecule has 8 nitrogen and oxygen atoms in total. The number of anilines is 1. The summed E-state index contributed by atoms with van der Waals surface area (Å²) in [6, 6.07) is 3.57. The number of likely N-dealkylation sites (tertiary alicyclic amines) is 1. The van der Waals surface area contributed by atoms with E-state index < -0.39 is 11.6 Å². The van der Waals surface area contributed by atoms with Crippen LogP contribution < -0.4 is 5.73 Å². The molecule has 1 fully saturated rings. The minimum absolute atomic E-state index is 0.180. The lowest BCUT2D eigenvalue weighted by molar-refractivity contribution is 0.0185. The molecule has 1 aromatic heterocycles. The van der Waals surface area contributed by atoms with Crippen molar-refractivity contribution in [2.75, 3.05) is 25.9 Å². The van der Waals surface area contributed by atoms with Crippen molar-refractivity contribution < 1.29 is 19.1 Å². The fourth-order valence-electron chi connectivity index (χ4n) is 3.22. The summed E-state index contributed by atoms with van der Waals surface area (Å²) < 4.78 is 12.1. The molecule has 1 amide bonds. The Morgan fingerprint density at radius 2 is 1.89 bits per heavy atom. The Labute approximate surface area is 158 Å². The molecule has 0 saturated carbocycles. The van der Waals surface area contributed by atoms with E-state index in [4.69, 9.17) is 15.2 Å². The molecule has 1 aliphatic rings. The van der Waals surface area contributed by atoms with Crippen molar-refractivity contribution in [3.8, 4) is 0 Å². The van der Waals surface area contributed by atoms with Gasteiger partial charge in [-0.15, -0.1) is 0 Å². The van der Waals surface area contributed by atoms with E-state index >= 15 is 0 Å². The predicted molar refractivity (Wildman–Crippen MR) is 102 cm³/mol. The van der Waals surface area contributed by atoms with E-state index in [9.17, 15) is 9.59 Å². The van der Waals surface area contributed by atoms with E-state index in [0.717, 1.165) is 18.2 Å². The number of carbonyl (C=O) groups is 2. The van der Waals surface area contributed by atoms with Crippen LogP contribution in [0.2, 0.25) is 0 Å². The smallest absolute Gasteiger partial charge is 0.410 e. The molecule has 1 aliphatic heterocycles. The molecule has 0 radical (unpaired) electrons. The summed E-state index contributed by atoms with van der Waals surface area (Å²) in [4.78, 5) is 25.7. The van der Waals surface area contributed by atoms with Gasteiger partial charge in [-0.05, 0) is 45.7 Å². The molecule has 3 rings (SSSR count). The number of amides is 1. The van der Waals surface area contributed by atoms with Gasteiger partial charge >= 0.3 is 12.1 Å². The van der Waals surface area contributed by atoms with Gasteiger partial charge in [0.2, 0.25) is 0 Å². The molecule has 27 heavy (non-hydrogen) atoms. The highest BCUT2D eigenvalue weighted by Gasteiger charge is 2.28. The first-order chi connectivity index (χ1) is 12.7. The third-order valence-electron chi connectivity index (χ3n) is 4.59. The van der Waals surface area contributed by atoms with Gasteiger partial charge < -0.3 is 20.1 Å². The Morgan fingerprint density at radius 1 is 1.22 bits per heavy atom. The number of esters is 1. The van der Waals surface area contributed by atoms with Crippen LogP contribution in [0.1, 0.15) is 50.0 Å². The van der Waals surface area contributed by atoms with Gasteiger partial charge in [-0.2, -0.15) is 5.10 Å². The van der Waals surface area contributed by atoms with Crippen LogP contribution in [0.5, 0.6) is 0 Å². The summed E-state index contributed by atoms with van der Waals surface area (Å²) in [5.74, 6) is -0.477. The maximum absolute atomic E-state index is 12.2. The average molecular weight is 374 g/mol. The Balaban J connectivity index is 1.72. The Bertz CT molecular complexity index is 860. The number of ether oxygens (including phenoxy) is 2. The molecule has 0 spiro atoms. The van der Waals surface area contributed by atoms with E-state index in [2.05, 4.69) is 5.10 Å². The van der Waals surface area contributed by atoms with Crippen molar-refractivity contribution in [1.82, 2.24) is 14.7 Å². The van der Waals surface area contributed by atoms with Gasteiger partial charge in [-0.25, -0.2) is 9.59 Å². The van der Waals surface area contributed by atoms with Crippen molar-refractivity contribution in [3.05, 3.63) is 23.9 Å². The minimum Gasteiger partial charge on any atom is -0.465 e. The molecule has 8 heteroatoms. The molecular formula is C19H26N4O4. The van der Waals surface area contributed by atoms with Gasteiger partial charge in [0.15, 0.2) is 0 Å². The number of rotatable bonds is 2. The van der Waals surface area contributed by atoms with Crippen LogP contribution in [0, 0.1) is 0 Å². The summed E-state index contributed by atoms with van der Waals surface area (Å²) in [5, 5.41) is 5.47. The van der Waals surface area contributed by atoms with Crippen molar-refractivity contribution in [2.45, 2.75) is 45.3 Å². The summed E-state index contributed by atoms with van der Waals surface area (Å²) in [5.41, 5.74) is 6.84. The SMILES string of the molecule is COC(=O)c1cc2nn(C3CCN(C(=O)OC(C)(C)C)CC3)cc2cc1N. The first kappa shape index (κ1) is 19.0. The number of aromatic nitrogens is 2. The molecule has 0 bridgehead atoms. The summed E-state index contributed by atoms with van der Waals surface area (Å²) >= 11 is 0. The second kappa shape index (κ2) is 7.09. The third-order valence-corrected chi connectivity index (χ3v) is 4.59. The van der Waals surface area contributed by atoms with E-state index in [0.29, 0.717) is 29.9 Å². The summed E-state index contributed by atoms with van der Waals surface area (Å²) in [7, 11) is 1.32. The summed E-state index contributed by atoms with van der Waals surface area (Å²) in [6.07, 6.45) is 3.22. The molecule has 2 N–H and O–H groups in total. The van der Waals surface area contributed by atoms with Crippen LogP contribution in [0.3, 0.4) is 0 Å². The van der Waals surface area contributed by atoms with Gasteiger partial charge in [0.05, 0.1) is 24.2 Å². The van der Waals surface area contributed by atoms with E-state index in [1.807, 2.05) is 31.6 Å². The Kier molecular flexibility index (Phi) is 4.99. The molecule has 1 aromatic carbocycles. The van der Waals surface area contributed by atoms with Crippen LogP contribution in [0.4, 0.5) is 10.5 Å². The fraction of sp³-hybridized carbons (Fsp3) is 0.526. The van der Waals surface area contributed by atoms with E-state index in [1.54, 1.807) is 17.0 Å². The molecule has 0 atom stereocenters. The second-order valence-electron chi connectivity index (χ2n) is 7.80. The number of nitrogen functional groups attached to an aromatic ring is 1. The van der Waals surface area contributed by atoms with Crippen molar-refractivity contribution in [1.29, 1.82) is 0 Å². The normalized spacial score (nSPS) is 15.8. The third kappa shape index (κ3) is 4.15. The van der Waals surface area contributed by atoms with Crippen LogP contribution in [-0.2, 0) is 9.47 Å². The molecule has 2 aromatic rings. The Morgan fingerprint density at radius 3 is 2.48 bits per heavy atom. The lowest BCUT2D eigenvalue weighted by Gasteiger charge is -2.33. The highest BCUT2D eigenvalue weighted by molar-refractivity contribution is 6.00. The molecule has 0 aliphatic carbocycles. The molecule has 1 saturated heterocycles. The van der Waals surface area contributed by atoms with Gasteiger partial charge in [0, 0.05) is 30.4 Å². The lowest BCUT2D eigenvalue weighted by Crippen LogP contribution is -2.42. The number of piperidine rings is 1. The van der Waals surface area contributed by atoms with E-state index in [-0.39, 0.29) is 12.1 Å². The monoisotopic (exact) mass is 374 g/mol. The quantitative estimate of drug-likeness (QED) is 0.641. The first-order valence-corrected chi connectivity index (χ1v) is 9.02. The maximum atomic E-state index is 12.2. The van der Waals surface area contributed by atoms with Crippen LogP contribution in [-0.4, -0.2) is 52.5 Å². The first-order valence-electron chi connectivity index (χ1n) is 9.02. The number of carbonyl (C=O) groups excluding carboxylic acids is 2. The van der Waals surface area contributed by atoms with Gasteiger partial charge in [-0.3, -0.25) is 4.68 Å².